The number of rotatable bonds is 0. The Kier molecular flexibility index (Phi) is 1.67. The lowest BCUT2D eigenvalue weighted by molar-refractivity contribution is 0.480. The number of nitrogens with two attached hydrogens (primary N) is 1. The molecule has 0 aliphatic rings. The standard InChI is InChI=1S/C9H9N3O2/c1-12-5-3-2-4-6(13)7(5)11-8(10)9(12)14/h2-4,13H,1H3,(H2,10,11). The van der Waals surface area contributed by atoms with Gasteiger partial charge in [0.15, 0.2) is 5.82 Å². The van der Waals surface area contributed by atoms with Crippen molar-refractivity contribution in [3.05, 3.63) is 28.6 Å². The highest BCUT2D eigenvalue weighted by atomic mass is 16.3. The van der Waals surface area contributed by atoms with Gasteiger partial charge in [-0.25, -0.2) is 4.98 Å². The number of aryl methyl sites for hydroxylation is 1. The Balaban J connectivity index is 3.06. The summed E-state index contributed by atoms with van der Waals surface area (Å²) in [5.74, 6) is -0.0914. The van der Waals surface area contributed by atoms with Gasteiger partial charge in [-0.3, -0.25) is 4.79 Å². The topological polar surface area (TPSA) is 81.1 Å². The number of phenolic OH excluding ortho intramolecular Hbond substituents is 1. The molecule has 2 aromatic rings. The lowest BCUT2D eigenvalue weighted by atomic mass is 10.2. The van der Waals surface area contributed by atoms with E-state index in [2.05, 4.69) is 4.98 Å². The second-order valence-corrected chi connectivity index (χ2v) is 3.01. The summed E-state index contributed by atoms with van der Waals surface area (Å²) in [6.45, 7) is 0. The molecule has 0 amide bonds. The van der Waals surface area contributed by atoms with Crippen molar-refractivity contribution in [3.8, 4) is 5.75 Å². The molecule has 0 saturated carbocycles. The van der Waals surface area contributed by atoms with E-state index < -0.39 is 0 Å². The highest BCUT2D eigenvalue weighted by Gasteiger charge is 2.07. The Bertz CT molecular complexity index is 560. The van der Waals surface area contributed by atoms with Crippen molar-refractivity contribution in [2.75, 3.05) is 5.73 Å². The number of aromatic hydroxyl groups is 1. The van der Waals surface area contributed by atoms with Gasteiger partial charge in [-0.15, -0.1) is 0 Å². The predicted octanol–water partition coefficient (Wildman–Crippen LogP) is 0.221. The lowest BCUT2D eigenvalue weighted by Crippen LogP contribution is -2.21. The third-order valence-electron chi connectivity index (χ3n) is 2.11. The maximum atomic E-state index is 11.4. The summed E-state index contributed by atoms with van der Waals surface area (Å²) < 4.78 is 1.36. The van der Waals surface area contributed by atoms with Gasteiger partial charge in [0.2, 0.25) is 0 Å². The van der Waals surface area contributed by atoms with Crippen LogP contribution in [0, 0.1) is 0 Å². The zero-order valence-corrected chi connectivity index (χ0v) is 7.56. The quantitative estimate of drug-likeness (QED) is 0.624. The molecule has 2 rings (SSSR count). The first-order valence-electron chi connectivity index (χ1n) is 4.05. The van der Waals surface area contributed by atoms with Gasteiger partial charge in [0.1, 0.15) is 11.3 Å². The molecule has 0 atom stereocenters. The fourth-order valence-corrected chi connectivity index (χ4v) is 1.35. The second kappa shape index (κ2) is 2.73. The number of hydrogen-bond acceptors (Lipinski definition) is 4. The van der Waals surface area contributed by atoms with Crippen LogP contribution in [0.15, 0.2) is 23.0 Å². The van der Waals surface area contributed by atoms with Gasteiger partial charge < -0.3 is 15.4 Å². The SMILES string of the molecule is Cn1c(=O)c(N)nc2c(O)cccc21. The molecule has 0 unspecified atom stereocenters. The third kappa shape index (κ3) is 1.02. The van der Waals surface area contributed by atoms with E-state index in [1.54, 1.807) is 19.2 Å². The van der Waals surface area contributed by atoms with Crippen molar-refractivity contribution in [2.24, 2.45) is 7.05 Å². The number of aromatic nitrogens is 2. The molecule has 3 N–H and O–H groups in total. The number of benzene rings is 1. The largest absolute Gasteiger partial charge is 0.506 e. The summed E-state index contributed by atoms with van der Waals surface area (Å²) in [7, 11) is 1.59. The molecule has 0 spiro atoms. The van der Waals surface area contributed by atoms with Crippen LogP contribution in [0.5, 0.6) is 5.75 Å². The highest BCUT2D eigenvalue weighted by molar-refractivity contribution is 5.81. The van der Waals surface area contributed by atoms with Gasteiger partial charge >= 0.3 is 0 Å². The Morgan fingerprint density at radius 3 is 2.93 bits per heavy atom. The number of hydrogen-bond donors (Lipinski definition) is 2. The average Bonchev–Trinajstić information content (AvgIpc) is 2.17. The fourth-order valence-electron chi connectivity index (χ4n) is 1.35. The first-order valence-corrected chi connectivity index (χ1v) is 4.05. The summed E-state index contributed by atoms with van der Waals surface area (Å²) in [4.78, 5) is 15.2. The molecule has 5 nitrogen and oxygen atoms in total. The molecule has 0 fully saturated rings. The van der Waals surface area contributed by atoms with Crippen molar-refractivity contribution in [1.29, 1.82) is 0 Å². The number of nitrogens with zero attached hydrogens (tertiary/aromatic N) is 2. The molecule has 1 aromatic heterocycles. The van der Waals surface area contributed by atoms with Crippen molar-refractivity contribution >= 4 is 16.9 Å². The van der Waals surface area contributed by atoms with Gasteiger partial charge in [-0.05, 0) is 12.1 Å². The molecule has 1 heterocycles. The van der Waals surface area contributed by atoms with Gasteiger partial charge in [0.25, 0.3) is 5.56 Å². The Hall–Kier alpha value is -2.04. The number of para-hydroxylation sites is 1. The van der Waals surface area contributed by atoms with E-state index in [0.717, 1.165) is 0 Å². The molecule has 0 radical (unpaired) electrons. The molecule has 0 bridgehead atoms. The highest BCUT2D eigenvalue weighted by Crippen LogP contribution is 2.20. The molecule has 0 aliphatic carbocycles. The van der Waals surface area contributed by atoms with E-state index >= 15 is 0 Å². The van der Waals surface area contributed by atoms with Crippen molar-refractivity contribution in [1.82, 2.24) is 9.55 Å². The normalized spacial score (nSPS) is 10.6. The molecular weight excluding hydrogens is 182 g/mol. The van der Waals surface area contributed by atoms with E-state index in [4.69, 9.17) is 5.73 Å². The van der Waals surface area contributed by atoms with Crippen molar-refractivity contribution in [3.63, 3.8) is 0 Å². The minimum atomic E-state index is -0.358. The van der Waals surface area contributed by atoms with Crippen LogP contribution in [0.2, 0.25) is 0 Å². The molecule has 0 saturated heterocycles. The average molecular weight is 191 g/mol. The minimum Gasteiger partial charge on any atom is -0.506 e. The molecule has 14 heavy (non-hydrogen) atoms. The van der Waals surface area contributed by atoms with Crippen LogP contribution >= 0.6 is 0 Å². The molecule has 1 aromatic carbocycles. The molecular formula is C9H9N3O2. The lowest BCUT2D eigenvalue weighted by Gasteiger charge is -2.05. The van der Waals surface area contributed by atoms with Gasteiger partial charge in [0, 0.05) is 7.05 Å². The Morgan fingerprint density at radius 2 is 2.21 bits per heavy atom. The van der Waals surface area contributed by atoms with Crippen LogP contribution in [0.1, 0.15) is 0 Å². The van der Waals surface area contributed by atoms with Crippen LogP contribution in [0.4, 0.5) is 5.82 Å². The van der Waals surface area contributed by atoms with E-state index in [-0.39, 0.29) is 17.1 Å². The maximum absolute atomic E-state index is 11.4. The Morgan fingerprint density at radius 1 is 1.50 bits per heavy atom. The van der Waals surface area contributed by atoms with Crippen LogP contribution in [-0.4, -0.2) is 14.7 Å². The summed E-state index contributed by atoms with van der Waals surface area (Å²) in [5.41, 5.74) is 5.94. The van der Waals surface area contributed by atoms with Crippen LogP contribution in [0.25, 0.3) is 11.0 Å². The van der Waals surface area contributed by atoms with E-state index in [1.165, 1.54) is 10.6 Å². The zero-order chi connectivity index (χ0) is 10.3. The number of nitrogen functional groups attached to an aromatic ring is 1. The van der Waals surface area contributed by atoms with Crippen LogP contribution in [-0.2, 0) is 7.05 Å². The number of phenols is 1. The summed E-state index contributed by atoms with van der Waals surface area (Å²) >= 11 is 0. The monoisotopic (exact) mass is 191 g/mol. The maximum Gasteiger partial charge on any atom is 0.293 e. The molecule has 5 heteroatoms. The second-order valence-electron chi connectivity index (χ2n) is 3.01. The first kappa shape index (κ1) is 8.55. The smallest absolute Gasteiger partial charge is 0.293 e. The van der Waals surface area contributed by atoms with Crippen molar-refractivity contribution in [2.45, 2.75) is 0 Å². The fraction of sp³-hybridized carbons (Fsp3) is 0.111. The first-order chi connectivity index (χ1) is 6.61. The zero-order valence-electron chi connectivity index (χ0n) is 7.56. The van der Waals surface area contributed by atoms with Gasteiger partial charge in [0.05, 0.1) is 5.52 Å². The summed E-state index contributed by atoms with van der Waals surface area (Å²) in [6.07, 6.45) is 0. The van der Waals surface area contributed by atoms with Gasteiger partial charge in [-0.2, -0.15) is 0 Å². The number of fused-ring (bicyclic) bond motifs is 1. The van der Waals surface area contributed by atoms with Crippen LogP contribution < -0.4 is 11.3 Å². The molecule has 72 valence electrons. The van der Waals surface area contributed by atoms with E-state index in [0.29, 0.717) is 11.0 Å². The Labute approximate surface area is 79.4 Å². The third-order valence-corrected chi connectivity index (χ3v) is 2.11. The predicted molar refractivity (Wildman–Crippen MR) is 53.1 cm³/mol. The van der Waals surface area contributed by atoms with Crippen LogP contribution in [0.3, 0.4) is 0 Å². The summed E-state index contributed by atoms with van der Waals surface area (Å²) in [6, 6.07) is 4.84. The van der Waals surface area contributed by atoms with Gasteiger partial charge in [-0.1, -0.05) is 6.07 Å². The number of anilines is 1. The molecule has 0 aliphatic heterocycles. The minimum absolute atomic E-state index is 0.0183. The van der Waals surface area contributed by atoms with E-state index in [1.807, 2.05) is 0 Å². The van der Waals surface area contributed by atoms with E-state index in [9.17, 15) is 9.90 Å². The summed E-state index contributed by atoms with van der Waals surface area (Å²) in [5, 5.41) is 9.48. The van der Waals surface area contributed by atoms with Crippen molar-refractivity contribution < 1.29 is 5.11 Å².